The normalized spacial score (nSPS) is 18.4. The van der Waals surface area contributed by atoms with E-state index in [2.05, 4.69) is 4.98 Å². The highest BCUT2D eigenvalue weighted by molar-refractivity contribution is 5.76. The number of para-hydroxylation sites is 1. The summed E-state index contributed by atoms with van der Waals surface area (Å²) < 4.78 is 5.67. The lowest BCUT2D eigenvalue weighted by molar-refractivity contribution is -0.143. The number of carboxylic acid groups (broad SMARTS) is 1. The van der Waals surface area contributed by atoms with Crippen molar-refractivity contribution in [1.29, 1.82) is 0 Å². The Kier molecular flexibility index (Phi) is 3.83. The molecule has 2 aromatic rings. The van der Waals surface area contributed by atoms with Crippen molar-refractivity contribution in [1.82, 2.24) is 9.88 Å². The second kappa shape index (κ2) is 5.93. The second-order valence-electron chi connectivity index (χ2n) is 4.92. The van der Waals surface area contributed by atoms with Crippen LogP contribution in [0.1, 0.15) is 17.3 Å². The van der Waals surface area contributed by atoms with Gasteiger partial charge >= 0.3 is 5.97 Å². The first-order valence-electron chi connectivity index (χ1n) is 6.84. The van der Waals surface area contributed by atoms with Gasteiger partial charge in [0.25, 0.3) is 0 Å². The maximum Gasteiger partial charge on any atom is 0.325 e. The Bertz CT molecular complexity index is 630. The SMILES string of the molecule is O=C(O)C1c2ccccc2OCCN1Cc1ccccn1. The minimum atomic E-state index is -0.871. The van der Waals surface area contributed by atoms with E-state index in [1.54, 1.807) is 6.20 Å². The van der Waals surface area contributed by atoms with Gasteiger partial charge in [-0.25, -0.2) is 0 Å². The number of carboxylic acids is 1. The molecular formula is C16H16N2O3. The van der Waals surface area contributed by atoms with Crippen molar-refractivity contribution >= 4 is 5.97 Å². The molecule has 0 fully saturated rings. The monoisotopic (exact) mass is 284 g/mol. The predicted octanol–water partition coefficient (Wildman–Crippen LogP) is 2.10. The standard InChI is InChI=1S/C16H16N2O3/c19-16(20)15-13-6-1-2-7-14(13)21-10-9-18(15)11-12-5-3-4-8-17-12/h1-8,15H,9-11H2,(H,19,20). The van der Waals surface area contributed by atoms with Gasteiger partial charge in [0.15, 0.2) is 0 Å². The minimum Gasteiger partial charge on any atom is -0.492 e. The van der Waals surface area contributed by atoms with Crippen molar-refractivity contribution < 1.29 is 14.6 Å². The summed E-state index contributed by atoms with van der Waals surface area (Å²) in [6.45, 7) is 1.49. The molecule has 108 valence electrons. The lowest BCUT2D eigenvalue weighted by atomic mass is 10.0. The first-order chi connectivity index (χ1) is 10.3. The van der Waals surface area contributed by atoms with E-state index in [0.29, 0.717) is 31.0 Å². The molecule has 1 N–H and O–H groups in total. The van der Waals surface area contributed by atoms with Crippen LogP contribution in [-0.4, -0.2) is 34.1 Å². The number of nitrogens with zero attached hydrogens (tertiary/aromatic N) is 2. The van der Waals surface area contributed by atoms with Crippen LogP contribution in [0.15, 0.2) is 48.7 Å². The van der Waals surface area contributed by atoms with Crippen molar-refractivity contribution in [3.05, 3.63) is 59.9 Å². The maximum atomic E-state index is 11.8. The zero-order valence-electron chi connectivity index (χ0n) is 11.5. The van der Waals surface area contributed by atoms with Crippen LogP contribution in [0, 0.1) is 0 Å². The van der Waals surface area contributed by atoms with Crippen LogP contribution in [0.4, 0.5) is 0 Å². The van der Waals surface area contributed by atoms with E-state index in [-0.39, 0.29) is 0 Å². The van der Waals surface area contributed by atoms with Crippen LogP contribution < -0.4 is 4.74 Å². The molecule has 1 unspecified atom stereocenters. The molecule has 5 heteroatoms. The molecule has 1 atom stereocenters. The molecular weight excluding hydrogens is 268 g/mol. The Morgan fingerprint density at radius 3 is 2.86 bits per heavy atom. The molecule has 5 nitrogen and oxygen atoms in total. The number of aromatic nitrogens is 1. The topological polar surface area (TPSA) is 62.7 Å². The summed E-state index contributed by atoms with van der Waals surface area (Å²) in [5, 5.41) is 9.64. The summed E-state index contributed by atoms with van der Waals surface area (Å²) in [4.78, 5) is 17.9. The molecule has 1 aromatic carbocycles. The summed E-state index contributed by atoms with van der Waals surface area (Å²) >= 11 is 0. The van der Waals surface area contributed by atoms with Crippen molar-refractivity contribution in [2.24, 2.45) is 0 Å². The second-order valence-corrected chi connectivity index (χ2v) is 4.92. The number of aliphatic carboxylic acids is 1. The van der Waals surface area contributed by atoms with E-state index < -0.39 is 12.0 Å². The Balaban J connectivity index is 1.94. The number of pyridine rings is 1. The Hall–Kier alpha value is -2.40. The first-order valence-corrected chi connectivity index (χ1v) is 6.84. The molecule has 0 radical (unpaired) electrons. The molecule has 0 amide bonds. The number of rotatable bonds is 3. The molecule has 0 aliphatic carbocycles. The largest absolute Gasteiger partial charge is 0.492 e. The highest BCUT2D eigenvalue weighted by atomic mass is 16.5. The fourth-order valence-electron chi connectivity index (χ4n) is 2.60. The minimum absolute atomic E-state index is 0.466. The van der Waals surface area contributed by atoms with E-state index in [1.807, 2.05) is 47.4 Å². The van der Waals surface area contributed by atoms with Gasteiger partial charge in [-0.05, 0) is 18.2 Å². The quantitative estimate of drug-likeness (QED) is 0.935. The number of benzene rings is 1. The smallest absolute Gasteiger partial charge is 0.325 e. The van der Waals surface area contributed by atoms with Crippen LogP contribution in [0.5, 0.6) is 5.75 Å². The molecule has 3 rings (SSSR count). The Labute approximate surface area is 122 Å². The van der Waals surface area contributed by atoms with E-state index in [1.165, 1.54) is 0 Å². The van der Waals surface area contributed by atoms with E-state index in [9.17, 15) is 9.90 Å². The fraction of sp³-hybridized carbons (Fsp3) is 0.250. The highest BCUT2D eigenvalue weighted by Crippen LogP contribution is 2.32. The predicted molar refractivity (Wildman–Crippen MR) is 77.0 cm³/mol. The van der Waals surface area contributed by atoms with Gasteiger partial charge < -0.3 is 9.84 Å². The van der Waals surface area contributed by atoms with Gasteiger partial charge in [0.05, 0.1) is 5.69 Å². The third-order valence-electron chi connectivity index (χ3n) is 3.54. The molecule has 1 aliphatic heterocycles. The average Bonchev–Trinajstić information content (AvgIpc) is 2.67. The third kappa shape index (κ3) is 2.87. The molecule has 0 bridgehead atoms. The summed E-state index contributed by atoms with van der Waals surface area (Å²) in [5.41, 5.74) is 1.54. The molecule has 0 saturated heterocycles. The lowest BCUT2D eigenvalue weighted by Crippen LogP contribution is -2.34. The molecule has 0 spiro atoms. The van der Waals surface area contributed by atoms with Crippen LogP contribution >= 0.6 is 0 Å². The van der Waals surface area contributed by atoms with Gasteiger partial charge in [-0.3, -0.25) is 14.7 Å². The zero-order chi connectivity index (χ0) is 14.7. The van der Waals surface area contributed by atoms with Gasteiger partial charge in [-0.15, -0.1) is 0 Å². The first kappa shape index (κ1) is 13.6. The summed E-state index contributed by atoms with van der Waals surface area (Å²) in [7, 11) is 0. The molecule has 0 saturated carbocycles. The van der Waals surface area contributed by atoms with Crippen LogP contribution in [0.25, 0.3) is 0 Å². The summed E-state index contributed by atoms with van der Waals surface area (Å²) in [5.74, 6) is -0.225. The number of carbonyl (C=O) groups is 1. The van der Waals surface area contributed by atoms with Gasteiger partial charge in [0.1, 0.15) is 18.4 Å². The maximum absolute atomic E-state index is 11.8. The van der Waals surface area contributed by atoms with Crippen molar-refractivity contribution in [3.8, 4) is 5.75 Å². The molecule has 2 heterocycles. The van der Waals surface area contributed by atoms with Crippen LogP contribution in [0.2, 0.25) is 0 Å². The van der Waals surface area contributed by atoms with Crippen LogP contribution in [-0.2, 0) is 11.3 Å². The van der Waals surface area contributed by atoms with E-state index in [4.69, 9.17) is 4.74 Å². The Morgan fingerprint density at radius 2 is 2.10 bits per heavy atom. The van der Waals surface area contributed by atoms with Gasteiger partial charge in [0, 0.05) is 24.8 Å². The van der Waals surface area contributed by atoms with Crippen molar-refractivity contribution in [2.75, 3.05) is 13.2 Å². The zero-order valence-corrected chi connectivity index (χ0v) is 11.5. The fourth-order valence-corrected chi connectivity index (χ4v) is 2.60. The molecule has 1 aliphatic rings. The summed E-state index contributed by atoms with van der Waals surface area (Å²) in [6.07, 6.45) is 1.72. The Morgan fingerprint density at radius 1 is 1.29 bits per heavy atom. The van der Waals surface area contributed by atoms with Gasteiger partial charge in [-0.2, -0.15) is 0 Å². The van der Waals surface area contributed by atoms with Crippen molar-refractivity contribution in [3.63, 3.8) is 0 Å². The highest BCUT2D eigenvalue weighted by Gasteiger charge is 2.32. The number of hydrogen-bond donors (Lipinski definition) is 1. The lowest BCUT2D eigenvalue weighted by Gasteiger charge is -2.26. The molecule has 21 heavy (non-hydrogen) atoms. The molecule has 1 aromatic heterocycles. The third-order valence-corrected chi connectivity index (χ3v) is 3.54. The summed E-state index contributed by atoms with van der Waals surface area (Å²) in [6, 6.07) is 12.2. The number of fused-ring (bicyclic) bond motifs is 1. The van der Waals surface area contributed by atoms with Crippen LogP contribution in [0.3, 0.4) is 0 Å². The van der Waals surface area contributed by atoms with Gasteiger partial charge in [-0.1, -0.05) is 24.3 Å². The average molecular weight is 284 g/mol. The van der Waals surface area contributed by atoms with Crippen molar-refractivity contribution in [2.45, 2.75) is 12.6 Å². The van der Waals surface area contributed by atoms with E-state index >= 15 is 0 Å². The van der Waals surface area contributed by atoms with E-state index in [0.717, 1.165) is 5.69 Å². The number of hydrogen-bond acceptors (Lipinski definition) is 4. The van der Waals surface area contributed by atoms with Gasteiger partial charge in [0.2, 0.25) is 0 Å². The number of ether oxygens (including phenoxy) is 1.